The molecule has 0 bridgehead atoms. The van der Waals surface area contributed by atoms with Gasteiger partial charge in [-0.1, -0.05) is 35.5 Å². The van der Waals surface area contributed by atoms with E-state index in [1.54, 1.807) is 29.2 Å². The first-order valence-corrected chi connectivity index (χ1v) is 9.64. The number of benzene rings is 1. The molecule has 0 spiro atoms. The van der Waals surface area contributed by atoms with E-state index >= 15 is 0 Å². The Morgan fingerprint density at radius 2 is 1.93 bits per heavy atom. The molecule has 30 heavy (non-hydrogen) atoms. The maximum absolute atomic E-state index is 14.2. The summed E-state index contributed by atoms with van der Waals surface area (Å²) in [5.41, 5.74) is -1.60. The molecule has 3 aromatic rings. The van der Waals surface area contributed by atoms with E-state index in [0.29, 0.717) is 37.0 Å². The summed E-state index contributed by atoms with van der Waals surface area (Å²) in [7, 11) is 0. The van der Waals surface area contributed by atoms with Gasteiger partial charge in [0.2, 0.25) is 11.7 Å². The monoisotopic (exact) mass is 420 g/mol. The Balaban J connectivity index is 1.41. The van der Waals surface area contributed by atoms with Gasteiger partial charge in [-0.3, -0.25) is 4.90 Å². The number of aromatic nitrogens is 5. The van der Waals surface area contributed by atoms with Crippen LogP contribution in [0.15, 0.2) is 34.9 Å². The van der Waals surface area contributed by atoms with Crippen molar-refractivity contribution in [1.29, 1.82) is 0 Å². The molecule has 0 radical (unpaired) electrons. The molecule has 0 aliphatic carbocycles. The van der Waals surface area contributed by atoms with Crippen molar-refractivity contribution in [2.45, 2.75) is 37.7 Å². The number of rotatable bonds is 4. The summed E-state index contributed by atoms with van der Waals surface area (Å²) >= 11 is 0. The summed E-state index contributed by atoms with van der Waals surface area (Å²) in [5.74, 6) is 1.09. The maximum Gasteiger partial charge on any atom is 0.404 e. The highest BCUT2D eigenvalue weighted by molar-refractivity contribution is 5.53. The zero-order valence-electron chi connectivity index (χ0n) is 16.0. The molecule has 1 saturated heterocycles. The van der Waals surface area contributed by atoms with Gasteiger partial charge < -0.3 is 13.8 Å². The molecule has 1 atom stereocenters. The lowest BCUT2D eigenvalue weighted by Gasteiger charge is -2.28. The highest BCUT2D eigenvalue weighted by Gasteiger charge is 2.62. The second kappa shape index (κ2) is 7.17. The van der Waals surface area contributed by atoms with Crippen LogP contribution in [-0.2, 0) is 29.8 Å². The zero-order valence-corrected chi connectivity index (χ0v) is 16.0. The predicted molar refractivity (Wildman–Crippen MR) is 97.0 cm³/mol. The number of fused-ring (bicyclic) bond motifs is 1. The van der Waals surface area contributed by atoms with Gasteiger partial charge >= 0.3 is 6.18 Å². The Morgan fingerprint density at radius 3 is 2.73 bits per heavy atom. The molecule has 2 aliphatic rings. The number of hydrogen-bond acceptors (Lipinski definition) is 7. The van der Waals surface area contributed by atoms with Crippen LogP contribution in [0.5, 0.6) is 0 Å². The topological polar surface area (TPSA) is 82.1 Å². The lowest BCUT2D eigenvalue weighted by atomic mass is 9.86. The van der Waals surface area contributed by atoms with Crippen molar-refractivity contribution in [2.24, 2.45) is 0 Å². The molecule has 0 saturated carbocycles. The highest BCUT2D eigenvalue weighted by Crippen LogP contribution is 2.47. The van der Waals surface area contributed by atoms with E-state index in [0.717, 1.165) is 0 Å². The van der Waals surface area contributed by atoms with Crippen molar-refractivity contribution in [2.75, 3.05) is 19.7 Å². The van der Waals surface area contributed by atoms with Crippen molar-refractivity contribution >= 4 is 0 Å². The summed E-state index contributed by atoms with van der Waals surface area (Å²) in [6.45, 7) is 1.73. The van der Waals surface area contributed by atoms with Crippen LogP contribution in [0, 0.1) is 0 Å². The fourth-order valence-electron chi connectivity index (χ4n) is 4.05. The molecule has 8 nitrogen and oxygen atoms in total. The Hall–Kier alpha value is -2.79. The Labute approximate surface area is 169 Å². The molecule has 11 heteroatoms. The first-order valence-electron chi connectivity index (χ1n) is 9.64. The fourth-order valence-corrected chi connectivity index (χ4v) is 4.05. The zero-order chi connectivity index (χ0) is 20.8. The van der Waals surface area contributed by atoms with E-state index in [-0.39, 0.29) is 31.9 Å². The van der Waals surface area contributed by atoms with Crippen molar-refractivity contribution in [3.8, 4) is 11.4 Å². The maximum atomic E-state index is 14.2. The van der Waals surface area contributed by atoms with Gasteiger partial charge in [-0.2, -0.15) is 18.2 Å². The molecule has 1 fully saturated rings. The predicted octanol–water partition coefficient (Wildman–Crippen LogP) is 2.56. The van der Waals surface area contributed by atoms with Crippen LogP contribution in [0.4, 0.5) is 13.2 Å². The molecular weight excluding hydrogens is 401 g/mol. The number of ether oxygens (including phenoxy) is 1. The van der Waals surface area contributed by atoms with E-state index in [1.165, 1.54) is 0 Å². The minimum Gasteiger partial charge on any atom is -0.372 e. The Morgan fingerprint density at radius 1 is 1.10 bits per heavy atom. The number of halogens is 3. The third kappa shape index (κ3) is 3.18. The van der Waals surface area contributed by atoms with Crippen LogP contribution in [0.25, 0.3) is 11.4 Å². The molecule has 2 aromatic heterocycles. The van der Waals surface area contributed by atoms with Crippen molar-refractivity contribution in [3.05, 3.63) is 47.9 Å². The standard InChI is InChI=1S/C19H19F3N6O2/c20-19(21,22)18(17-23-16(26-30-17)13-4-2-1-3-5-13)6-7-27(12-18)10-14-24-25-15-11-29-9-8-28(14)15/h1-5H,6-12H2. The second-order valence-corrected chi connectivity index (χ2v) is 7.57. The summed E-state index contributed by atoms with van der Waals surface area (Å²) in [6.07, 6.45) is -4.68. The second-order valence-electron chi connectivity index (χ2n) is 7.57. The largest absolute Gasteiger partial charge is 0.404 e. The van der Waals surface area contributed by atoms with Gasteiger partial charge in [-0.05, 0) is 6.42 Å². The molecular formula is C19H19F3N6O2. The molecule has 158 valence electrons. The number of alkyl halides is 3. The fraction of sp³-hybridized carbons (Fsp3) is 0.474. The summed E-state index contributed by atoms with van der Waals surface area (Å²) in [4.78, 5) is 5.84. The van der Waals surface area contributed by atoms with Crippen LogP contribution in [0.1, 0.15) is 24.0 Å². The lowest BCUT2D eigenvalue weighted by molar-refractivity contribution is -0.193. The van der Waals surface area contributed by atoms with Crippen LogP contribution in [0.3, 0.4) is 0 Å². The number of nitrogens with zero attached hydrogens (tertiary/aromatic N) is 6. The summed E-state index contributed by atoms with van der Waals surface area (Å²) in [5, 5.41) is 12.0. The van der Waals surface area contributed by atoms with E-state index in [2.05, 4.69) is 20.3 Å². The van der Waals surface area contributed by atoms with Crippen molar-refractivity contribution in [3.63, 3.8) is 0 Å². The minimum atomic E-state index is -4.53. The lowest BCUT2D eigenvalue weighted by Crippen LogP contribution is -2.45. The molecule has 1 aromatic carbocycles. The van der Waals surface area contributed by atoms with Gasteiger partial charge in [0, 0.05) is 25.2 Å². The minimum absolute atomic E-state index is 0.152. The SMILES string of the molecule is FC(F)(F)C1(c2nc(-c3ccccc3)no2)CCN(Cc2nnc3n2CCOC3)C1. The summed E-state index contributed by atoms with van der Waals surface area (Å²) < 4.78 is 55.1. The average Bonchev–Trinajstić information content (AvgIpc) is 3.48. The Bertz CT molecular complexity index is 1030. The molecule has 1 unspecified atom stereocenters. The average molecular weight is 420 g/mol. The van der Waals surface area contributed by atoms with E-state index in [4.69, 9.17) is 9.26 Å². The molecule has 2 aliphatic heterocycles. The van der Waals surface area contributed by atoms with Gasteiger partial charge in [-0.25, -0.2) is 0 Å². The molecule has 4 heterocycles. The van der Waals surface area contributed by atoms with E-state index in [9.17, 15) is 13.2 Å². The van der Waals surface area contributed by atoms with Gasteiger partial charge in [0.1, 0.15) is 12.4 Å². The van der Waals surface area contributed by atoms with Crippen molar-refractivity contribution in [1.82, 2.24) is 29.8 Å². The van der Waals surface area contributed by atoms with Crippen LogP contribution in [0.2, 0.25) is 0 Å². The smallest absolute Gasteiger partial charge is 0.372 e. The quantitative estimate of drug-likeness (QED) is 0.642. The molecule has 0 N–H and O–H groups in total. The molecule has 5 rings (SSSR count). The third-order valence-corrected chi connectivity index (χ3v) is 5.72. The van der Waals surface area contributed by atoms with Crippen LogP contribution >= 0.6 is 0 Å². The Kier molecular flexibility index (Phi) is 4.58. The normalized spacial score (nSPS) is 22.4. The van der Waals surface area contributed by atoms with E-state index < -0.39 is 17.5 Å². The number of likely N-dealkylation sites (tertiary alicyclic amines) is 1. The van der Waals surface area contributed by atoms with Gasteiger partial charge in [0.15, 0.2) is 11.2 Å². The van der Waals surface area contributed by atoms with Gasteiger partial charge in [0.25, 0.3) is 0 Å². The van der Waals surface area contributed by atoms with Gasteiger partial charge in [-0.15, -0.1) is 10.2 Å². The van der Waals surface area contributed by atoms with Gasteiger partial charge in [0.05, 0.1) is 13.2 Å². The van der Waals surface area contributed by atoms with Crippen LogP contribution < -0.4 is 0 Å². The highest BCUT2D eigenvalue weighted by atomic mass is 19.4. The first-order chi connectivity index (χ1) is 14.5. The number of hydrogen-bond donors (Lipinski definition) is 0. The van der Waals surface area contributed by atoms with Crippen molar-refractivity contribution < 1.29 is 22.4 Å². The third-order valence-electron chi connectivity index (χ3n) is 5.72. The summed E-state index contributed by atoms with van der Waals surface area (Å²) in [6, 6.07) is 8.81. The first kappa shape index (κ1) is 19.2. The van der Waals surface area contributed by atoms with E-state index in [1.807, 2.05) is 10.6 Å². The molecule has 0 amide bonds. The van der Waals surface area contributed by atoms with Crippen LogP contribution in [-0.4, -0.2) is 55.7 Å².